The summed E-state index contributed by atoms with van der Waals surface area (Å²) in [6.07, 6.45) is 7.19. The predicted octanol–water partition coefficient (Wildman–Crippen LogP) is 3.33. The molecule has 1 N–H and O–H groups in total. The van der Waals surface area contributed by atoms with Crippen molar-refractivity contribution in [3.8, 4) is 5.88 Å². The zero-order valence-corrected chi connectivity index (χ0v) is 10.8. The fourth-order valence-corrected chi connectivity index (χ4v) is 2.48. The van der Waals surface area contributed by atoms with Gasteiger partial charge in [-0.1, -0.05) is 19.8 Å². The van der Waals surface area contributed by atoms with Crippen LogP contribution in [0.4, 0.5) is 5.69 Å². The maximum Gasteiger partial charge on any atom is 0.237 e. The molecular weight excluding hydrogens is 212 g/mol. The molecule has 0 aromatic carbocycles. The van der Waals surface area contributed by atoms with E-state index in [1.807, 2.05) is 12.1 Å². The van der Waals surface area contributed by atoms with Gasteiger partial charge in [0.15, 0.2) is 0 Å². The Labute approximate surface area is 104 Å². The fourth-order valence-electron chi connectivity index (χ4n) is 2.48. The first-order valence-electron chi connectivity index (χ1n) is 6.52. The van der Waals surface area contributed by atoms with Gasteiger partial charge in [-0.3, -0.25) is 0 Å². The monoisotopic (exact) mass is 234 g/mol. The molecule has 1 aliphatic rings. The Morgan fingerprint density at radius 3 is 2.82 bits per heavy atom. The Bertz CT molecular complexity index is 346. The summed E-state index contributed by atoms with van der Waals surface area (Å²) in [6.45, 7) is 3.39. The third-order valence-electron chi connectivity index (χ3n) is 3.68. The molecule has 1 heterocycles. The molecule has 0 amide bonds. The van der Waals surface area contributed by atoms with E-state index in [0.29, 0.717) is 5.88 Å². The number of hydrogen-bond donors (Lipinski definition) is 1. The maximum absolute atomic E-state index is 5.23. The largest absolute Gasteiger partial charge is 0.480 e. The van der Waals surface area contributed by atoms with Gasteiger partial charge in [0.1, 0.15) is 0 Å². The van der Waals surface area contributed by atoms with E-state index in [1.165, 1.54) is 25.7 Å². The molecule has 17 heavy (non-hydrogen) atoms. The SMILES string of the molecule is COc1ncccc1NCC1CCC(C)CC1. The standard InChI is InChI=1S/C14H22N2O/c1-11-5-7-12(8-6-11)10-16-13-4-3-9-15-14(13)17-2/h3-4,9,11-12,16H,5-8,10H2,1-2H3. The van der Waals surface area contributed by atoms with Crippen LogP contribution in [-0.4, -0.2) is 18.6 Å². The summed E-state index contributed by atoms with van der Waals surface area (Å²) < 4.78 is 5.23. The lowest BCUT2D eigenvalue weighted by Gasteiger charge is -2.26. The number of ether oxygens (including phenoxy) is 1. The number of hydrogen-bond acceptors (Lipinski definition) is 3. The molecule has 0 unspecified atom stereocenters. The van der Waals surface area contributed by atoms with Crippen molar-refractivity contribution >= 4 is 5.69 Å². The molecule has 0 radical (unpaired) electrons. The van der Waals surface area contributed by atoms with Crippen LogP contribution in [-0.2, 0) is 0 Å². The van der Waals surface area contributed by atoms with Crippen LogP contribution in [0.1, 0.15) is 32.6 Å². The molecule has 0 saturated heterocycles. The van der Waals surface area contributed by atoms with Crippen LogP contribution in [0.2, 0.25) is 0 Å². The van der Waals surface area contributed by atoms with Crippen molar-refractivity contribution in [3.63, 3.8) is 0 Å². The maximum atomic E-state index is 5.23. The minimum Gasteiger partial charge on any atom is -0.480 e. The topological polar surface area (TPSA) is 34.1 Å². The van der Waals surface area contributed by atoms with Gasteiger partial charge in [-0.05, 0) is 36.8 Å². The molecule has 1 aliphatic carbocycles. The van der Waals surface area contributed by atoms with E-state index in [4.69, 9.17) is 4.74 Å². The Morgan fingerprint density at radius 2 is 2.12 bits per heavy atom. The number of aromatic nitrogens is 1. The van der Waals surface area contributed by atoms with Crippen molar-refractivity contribution < 1.29 is 4.74 Å². The highest BCUT2D eigenvalue weighted by Gasteiger charge is 2.18. The molecule has 3 nitrogen and oxygen atoms in total. The lowest BCUT2D eigenvalue weighted by Crippen LogP contribution is -2.20. The Hall–Kier alpha value is -1.25. The minimum absolute atomic E-state index is 0.691. The van der Waals surface area contributed by atoms with E-state index < -0.39 is 0 Å². The van der Waals surface area contributed by atoms with E-state index in [1.54, 1.807) is 13.3 Å². The number of nitrogens with one attached hydrogen (secondary N) is 1. The summed E-state index contributed by atoms with van der Waals surface area (Å²) in [5.74, 6) is 2.41. The second-order valence-electron chi connectivity index (χ2n) is 5.07. The molecule has 0 spiro atoms. The number of anilines is 1. The summed E-state index contributed by atoms with van der Waals surface area (Å²) in [7, 11) is 1.66. The van der Waals surface area contributed by atoms with Gasteiger partial charge in [-0.2, -0.15) is 0 Å². The summed E-state index contributed by atoms with van der Waals surface area (Å²) in [6, 6.07) is 3.96. The third kappa shape index (κ3) is 3.35. The fraction of sp³-hybridized carbons (Fsp3) is 0.643. The van der Waals surface area contributed by atoms with E-state index in [9.17, 15) is 0 Å². The van der Waals surface area contributed by atoms with Gasteiger partial charge in [0.2, 0.25) is 5.88 Å². The van der Waals surface area contributed by atoms with Crippen LogP contribution in [0.15, 0.2) is 18.3 Å². The van der Waals surface area contributed by atoms with Crippen LogP contribution in [0.25, 0.3) is 0 Å². The van der Waals surface area contributed by atoms with Crippen LogP contribution in [0.3, 0.4) is 0 Å². The lowest BCUT2D eigenvalue weighted by atomic mass is 9.83. The van der Waals surface area contributed by atoms with Crippen molar-refractivity contribution in [2.75, 3.05) is 19.0 Å². The molecular formula is C14H22N2O. The van der Waals surface area contributed by atoms with Crippen molar-refractivity contribution in [2.24, 2.45) is 11.8 Å². The number of pyridine rings is 1. The van der Waals surface area contributed by atoms with Crippen LogP contribution >= 0.6 is 0 Å². The zero-order valence-electron chi connectivity index (χ0n) is 10.8. The lowest BCUT2D eigenvalue weighted by molar-refractivity contribution is 0.300. The number of rotatable bonds is 4. The molecule has 2 rings (SSSR count). The van der Waals surface area contributed by atoms with E-state index in [0.717, 1.165) is 24.1 Å². The Balaban J connectivity index is 1.85. The molecule has 3 heteroatoms. The van der Waals surface area contributed by atoms with E-state index >= 15 is 0 Å². The summed E-state index contributed by atoms with van der Waals surface area (Å²) >= 11 is 0. The van der Waals surface area contributed by atoms with Gasteiger partial charge in [0.05, 0.1) is 12.8 Å². The van der Waals surface area contributed by atoms with Gasteiger partial charge in [0.25, 0.3) is 0 Å². The quantitative estimate of drug-likeness (QED) is 0.867. The Morgan fingerprint density at radius 1 is 1.35 bits per heavy atom. The summed E-state index contributed by atoms with van der Waals surface area (Å²) in [4.78, 5) is 4.19. The first-order chi connectivity index (χ1) is 8.29. The second kappa shape index (κ2) is 5.89. The smallest absolute Gasteiger partial charge is 0.237 e. The summed E-state index contributed by atoms with van der Waals surface area (Å²) in [5.41, 5.74) is 1.01. The second-order valence-corrected chi connectivity index (χ2v) is 5.07. The average molecular weight is 234 g/mol. The number of nitrogens with zero attached hydrogens (tertiary/aromatic N) is 1. The average Bonchev–Trinajstić information content (AvgIpc) is 2.38. The zero-order chi connectivity index (χ0) is 12.1. The van der Waals surface area contributed by atoms with Crippen molar-refractivity contribution in [3.05, 3.63) is 18.3 Å². The predicted molar refractivity (Wildman–Crippen MR) is 70.4 cm³/mol. The molecule has 1 aromatic heterocycles. The van der Waals surface area contributed by atoms with Crippen LogP contribution < -0.4 is 10.1 Å². The first kappa shape index (κ1) is 12.2. The summed E-state index contributed by atoms with van der Waals surface area (Å²) in [5, 5.41) is 3.46. The molecule has 1 saturated carbocycles. The molecule has 1 aromatic rings. The molecule has 0 atom stereocenters. The van der Waals surface area contributed by atoms with Gasteiger partial charge in [-0.15, -0.1) is 0 Å². The van der Waals surface area contributed by atoms with Crippen molar-refractivity contribution in [2.45, 2.75) is 32.6 Å². The molecule has 0 bridgehead atoms. The normalized spacial score (nSPS) is 24.4. The van der Waals surface area contributed by atoms with Crippen molar-refractivity contribution in [1.29, 1.82) is 0 Å². The Kier molecular flexibility index (Phi) is 4.24. The number of methoxy groups -OCH3 is 1. The van der Waals surface area contributed by atoms with Gasteiger partial charge < -0.3 is 10.1 Å². The first-order valence-corrected chi connectivity index (χ1v) is 6.52. The van der Waals surface area contributed by atoms with Crippen LogP contribution in [0.5, 0.6) is 5.88 Å². The highest BCUT2D eigenvalue weighted by molar-refractivity contribution is 5.51. The van der Waals surface area contributed by atoms with Gasteiger partial charge in [-0.25, -0.2) is 4.98 Å². The van der Waals surface area contributed by atoms with Crippen molar-refractivity contribution in [1.82, 2.24) is 4.98 Å². The van der Waals surface area contributed by atoms with Crippen LogP contribution in [0, 0.1) is 11.8 Å². The van der Waals surface area contributed by atoms with Gasteiger partial charge in [0, 0.05) is 12.7 Å². The third-order valence-corrected chi connectivity index (χ3v) is 3.68. The molecule has 0 aliphatic heterocycles. The van der Waals surface area contributed by atoms with E-state index in [2.05, 4.69) is 17.2 Å². The highest BCUT2D eigenvalue weighted by atomic mass is 16.5. The minimum atomic E-state index is 0.691. The highest BCUT2D eigenvalue weighted by Crippen LogP contribution is 2.29. The molecule has 1 fully saturated rings. The van der Waals surface area contributed by atoms with E-state index in [-0.39, 0.29) is 0 Å². The molecule has 94 valence electrons. The van der Waals surface area contributed by atoms with Gasteiger partial charge >= 0.3 is 0 Å².